The molecule has 1 aromatic rings. The van der Waals surface area contributed by atoms with Gasteiger partial charge in [0.2, 0.25) is 0 Å². The monoisotopic (exact) mass is 298 g/mol. The minimum atomic E-state index is 0.0838. The van der Waals surface area contributed by atoms with E-state index >= 15 is 0 Å². The predicted molar refractivity (Wildman–Crippen MR) is 79.5 cm³/mol. The van der Waals surface area contributed by atoms with Gasteiger partial charge >= 0.3 is 0 Å². The van der Waals surface area contributed by atoms with Gasteiger partial charge in [-0.1, -0.05) is 19.9 Å². The average Bonchev–Trinajstić information content (AvgIpc) is 2.25. The fraction of sp³-hybridized carbons (Fsp3) is 0.571. The largest absolute Gasteiger partial charge is 0.371 e. The standard InChI is InChI=1S/C14H23BrN2/c1-5-17(9-10(2)3)14-7-6-12(11(4)16)8-13(14)15/h6-8,10-11H,5,9,16H2,1-4H3. The number of anilines is 1. The molecule has 1 aromatic carbocycles. The Morgan fingerprint density at radius 2 is 1.94 bits per heavy atom. The maximum atomic E-state index is 5.89. The van der Waals surface area contributed by atoms with Gasteiger partial charge in [-0.3, -0.25) is 0 Å². The fourth-order valence-electron chi connectivity index (χ4n) is 1.90. The molecule has 96 valence electrons. The van der Waals surface area contributed by atoms with E-state index in [2.05, 4.69) is 59.8 Å². The van der Waals surface area contributed by atoms with Gasteiger partial charge in [-0.15, -0.1) is 0 Å². The Labute approximate surface area is 113 Å². The average molecular weight is 299 g/mol. The van der Waals surface area contributed by atoms with E-state index in [1.54, 1.807) is 0 Å². The van der Waals surface area contributed by atoms with E-state index in [1.807, 2.05) is 6.92 Å². The lowest BCUT2D eigenvalue weighted by Crippen LogP contribution is -2.27. The topological polar surface area (TPSA) is 29.3 Å². The first kappa shape index (κ1) is 14.5. The number of nitrogens with two attached hydrogens (primary N) is 1. The Morgan fingerprint density at radius 3 is 2.35 bits per heavy atom. The normalized spacial score (nSPS) is 12.9. The highest BCUT2D eigenvalue weighted by molar-refractivity contribution is 9.10. The van der Waals surface area contributed by atoms with E-state index < -0.39 is 0 Å². The second-order valence-electron chi connectivity index (χ2n) is 4.93. The van der Waals surface area contributed by atoms with Gasteiger partial charge in [0.1, 0.15) is 0 Å². The smallest absolute Gasteiger partial charge is 0.0510 e. The maximum Gasteiger partial charge on any atom is 0.0510 e. The van der Waals surface area contributed by atoms with Crippen LogP contribution >= 0.6 is 15.9 Å². The summed E-state index contributed by atoms with van der Waals surface area (Å²) in [4.78, 5) is 2.39. The summed E-state index contributed by atoms with van der Waals surface area (Å²) in [7, 11) is 0. The lowest BCUT2D eigenvalue weighted by molar-refractivity contribution is 0.618. The molecular weight excluding hydrogens is 276 g/mol. The van der Waals surface area contributed by atoms with Gasteiger partial charge in [0, 0.05) is 23.6 Å². The zero-order chi connectivity index (χ0) is 13.0. The van der Waals surface area contributed by atoms with Crippen molar-refractivity contribution in [3.63, 3.8) is 0 Å². The van der Waals surface area contributed by atoms with Crippen molar-refractivity contribution in [1.82, 2.24) is 0 Å². The van der Waals surface area contributed by atoms with Gasteiger partial charge in [-0.05, 0) is 53.4 Å². The Balaban J connectivity index is 2.96. The highest BCUT2D eigenvalue weighted by atomic mass is 79.9. The van der Waals surface area contributed by atoms with Crippen LogP contribution in [-0.4, -0.2) is 13.1 Å². The van der Waals surface area contributed by atoms with Crippen molar-refractivity contribution in [1.29, 1.82) is 0 Å². The zero-order valence-electron chi connectivity index (χ0n) is 11.2. The second-order valence-corrected chi connectivity index (χ2v) is 5.79. The number of nitrogens with zero attached hydrogens (tertiary/aromatic N) is 1. The van der Waals surface area contributed by atoms with Crippen molar-refractivity contribution in [2.45, 2.75) is 33.7 Å². The molecule has 0 aliphatic rings. The lowest BCUT2D eigenvalue weighted by atomic mass is 10.1. The van der Waals surface area contributed by atoms with Crippen molar-refractivity contribution < 1.29 is 0 Å². The molecule has 0 aromatic heterocycles. The molecule has 0 fully saturated rings. The predicted octanol–water partition coefficient (Wildman–Crippen LogP) is 3.95. The van der Waals surface area contributed by atoms with Crippen molar-refractivity contribution in [3.8, 4) is 0 Å². The zero-order valence-corrected chi connectivity index (χ0v) is 12.8. The first-order chi connectivity index (χ1) is 7.95. The molecular formula is C14H23BrN2. The molecule has 17 heavy (non-hydrogen) atoms. The van der Waals surface area contributed by atoms with Crippen molar-refractivity contribution in [3.05, 3.63) is 28.2 Å². The highest BCUT2D eigenvalue weighted by Gasteiger charge is 2.11. The molecule has 0 amide bonds. The third-order valence-corrected chi connectivity index (χ3v) is 3.44. The molecule has 1 unspecified atom stereocenters. The van der Waals surface area contributed by atoms with E-state index in [0.717, 1.165) is 17.6 Å². The van der Waals surface area contributed by atoms with Gasteiger partial charge in [-0.25, -0.2) is 0 Å². The Morgan fingerprint density at radius 1 is 1.29 bits per heavy atom. The molecule has 0 bridgehead atoms. The number of hydrogen-bond donors (Lipinski definition) is 1. The van der Waals surface area contributed by atoms with E-state index in [4.69, 9.17) is 5.73 Å². The number of hydrogen-bond acceptors (Lipinski definition) is 2. The van der Waals surface area contributed by atoms with Crippen molar-refractivity contribution in [2.75, 3.05) is 18.0 Å². The first-order valence-corrected chi connectivity index (χ1v) is 7.05. The summed E-state index contributed by atoms with van der Waals surface area (Å²) < 4.78 is 1.13. The summed E-state index contributed by atoms with van der Waals surface area (Å²) in [5.41, 5.74) is 8.31. The highest BCUT2D eigenvalue weighted by Crippen LogP contribution is 2.29. The van der Waals surface area contributed by atoms with Crippen molar-refractivity contribution in [2.24, 2.45) is 11.7 Å². The van der Waals surface area contributed by atoms with Gasteiger partial charge in [0.25, 0.3) is 0 Å². The van der Waals surface area contributed by atoms with Crippen LogP contribution in [0.25, 0.3) is 0 Å². The van der Waals surface area contributed by atoms with E-state index in [1.165, 1.54) is 11.3 Å². The summed E-state index contributed by atoms with van der Waals surface area (Å²) >= 11 is 3.65. The van der Waals surface area contributed by atoms with E-state index in [9.17, 15) is 0 Å². The molecule has 0 saturated heterocycles. The minimum absolute atomic E-state index is 0.0838. The van der Waals surface area contributed by atoms with Crippen LogP contribution in [0.2, 0.25) is 0 Å². The van der Waals surface area contributed by atoms with Crippen LogP contribution in [0.3, 0.4) is 0 Å². The summed E-state index contributed by atoms with van der Waals surface area (Å²) in [6.45, 7) is 10.8. The molecule has 0 spiro atoms. The fourth-order valence-corrected chi connectivity index (χ4v) is 2.55. The summed E-state index contributed by atoms with van der Waals surface area (Å²) in [6, 6.07) is 6.49. The number of rotatable bonds is 5. The van der Waals surface area contributed by atoms with Crippen LogP contribution in [0.5, 0.6) is 0 Å². The summed E-state index contributed by atoms with van der Waals surface area (Å²) in [5.74, 6) is 0.662. The van der Waals surface area contributed by atoms with Crippen molar-refractivity contribution >= 4 is 21.6 Å². The molecule has 0 heterocycles. The van der Waals surface area contributed by atoms with E-state index in [-0.39, 0.29) is 6.04 Å². The molecule has 0 saturated carbocycles. The lowest BCUT2D eigenvalue weighted by Gasteiger charge is -2.26. The molecule has 3 heteroatoms. The molecule has 1 atom stereocenters. The molecule has 2 nitrogen and oxygen atoms in total. The van der Waals surface area contributed by atoms with E-state index in [0.29, 0.717) is 5.92 Å². The Kier molecular flexibility index (Phi) is 5.47. The van der Waals surface area contributed by atoms with Gasteiger partial charge < -0.3 is 10.6 Å². The quantitative estimate of drug-likeness (QED) is 0.892. The van der Waals surface area contributed by atoms with Crippen LogP contribution in [-0.2, 0) is 0 Å². The van der Waals surface area contributed by atoms with Crippen LogP contribution in [0.15, 0.2) is 22.7 Å². The molecule has 2 N–H and O–H groups in total. The maximum absolute atomic E-state index is 5.89. The minimum Gasteiger partial charge on any atom is -0.371 e. The second kappa shape index (κ2) is 6.41. The first-order valence-electron chi connectivity index (χ1n) is 6.25. The summed E-state index contributed by atoms with van der Waals surface area (Å²) in [5, 5.41) is 0. The molecule has 0 aliphatic heterocycles. The molecule has 0 aliphatic carbocycles. The third-order valence-electron chi connectivity index (χ3n) is 2.81. The van der Waals surface area contributed by atoms with Crippen LogP contribution < -0.4 is 10.6 Å². The van der Waals surface area contributed by atoms with Gasteiger partial charge in [-0.2, -0.15) is 0 Å². The molecule has 0 radical (unpaired) electrons. The Hall–Kier alpha value is -0.540. The van der Waals surface area contributed by atoms with Crippen LogP contribution in [0.1, 0.15) is 39.3 Å². The van der Waals surface area contributed by atoms with Crippen LogP contribution in [0.4, 0.5) is 5.69 Å². The third kappa shape index (κ3) is 4.00. The number of halogens is 1. The van der Waals surface area contributed by atoms with Crippen LogP contribution in [0, 0.1) is 5.92 Å². The van der Waals surface area contributed by atoms with Gasteiger partial charge in [0.15, 0.2) is 0 Å². The van der Waals surface area contributed by atoms with Gasteiger partial charge in [0.05, 0.1) is 5.69 Å². The Bertz CT molecular complexity index is 361. The SMILES string of the molecule is CCN(CC(C)C)c1ccc(C(C)N)cc1Br. The molecule has 1 rings (SSSR count). The number of benzene rings is 1. The summed E-state index contributed by atoms with van der Waals surface area (Å²) in [6.07, 6.45) is 0.